The zero-order valence-electron chi connectivity index (χ0n) is 11.4. The molecule has 2 rings (SSSR count). The summed E-state index contributed by atoms with van der Waals surface area (Å²) in [5.41, 5.74) is 0.847. The number of nitrogens with zero attached hydrogens (tertiary/aromatic N) is 1. The summed E-state index contributed by atoms with van der Waals surface area (Å²) in [4.78, 5) is 3.31. The molecule has 0 saturated heterocycles. The third kappa shape index (κ3) is 4.07. The first-order valence-electron chi connectivity index (χ1n) is 6.21. The smallest absolute Gasteiger partial charge is 0.242 e. The third-order valence-electron chi connectivity index (χ3n) is 2.90. The van der Waals surface area contributed by atoms with E-state index in [0.29, 0.717) is 0 Å². The minimum atomic E-state index is -3.83. The number of sulfonamides is 1. The van der Waals surface area contributed by atoms with Crippen LogP contribution in [0.1, 0.15) is 11.7 Å². The van der Waals surface area contributed by atoms with Gasteiger partial charge < -0.3 is 4.74 Å². The number of methoxy groups -OCH3 is 1. The van der Waals surface area contributed by atoms with Crippen LogP contribution in [0.2, 0.25) is 0 Å². The van der Waals surface area contributed by atoms with Gasteiger partial charge in [-0.15, -0.1) is 0 Å². The van der Waals surface area contributed by atoms with E-state index in [9.17, 15) is 12.8 Å². The number of halogens is 1. The molecule has 0 aliphatic carbocycles. The van der Waals surface area contributed by atoms with Crippen LogP contribution in [-0.4, -0.2) is 27.1 Å². The molecule has 0 fully saturated rings. The average Bonchev–Trinajstić information content (AvgIpc) is 2.49. The van der Waals surface area contributed by atoms with Crippen molar-refractivity contribution < 1.29 is 17.5 Å². The van der Waals surface area contributed by atoms with E-state index in [4.69, 9.17) is 4.74 Å². The van der Waals surface area contributed by atoms with Crippen LogP contribution in [0.15, 0.2) is 53.7 Å². The Morgan fingerprint density at radius 2 is 2.00 bits per heavy atom. The van der Waals surface area contributed by atoms with Crippen molar-refractivity contribution in [1.29, 1.82) is 0 Å². The first kappa shape index (κ1) is 15.6. The molecule has 1 aromatic heterocycles. The van der Waals surface area contributed by atoms with Crippen molar-refractivity contribution in [3.05, 3.63) is 60.2 Å². The number of benzene rings is 1. The number of nitrogens with one attached hydrogen (secondary N) is 1. The van der Waals surface area contributed by atoms with Crippen LogP contribution in [0.5, 0.6) is 0 Å². The third-order valence-corrected chi connectivity index (χ3v) is 4.30. The van der Waals surface area contributed by atoms with Crippen molar-refractivity contribution in [2.75, 3.05) is 13.7 Å². The lowest BCUT2D eigenvalue weighted by molar-refractivity contribution is 0.107. The molecule has 0 amide bonds. The van der Waals surface area contributed by atoms with E-state index in [-0.39, 0.29) is 11.4 Å². The number of pyridine rings is 1. The van der Waals surface area contributed by atoms with Gasteiger partial charge in [0.25, 0.3) is 0 Å². The van der Waals surface area contributed by atoms with Gasteiger partial charge in [-0.25, -0.2) is 17.5 Å². The molecule has 1 heterocycles. The topological polar surface area (TPSA) is 68.3 Å². The molecular formula is C14H15FN2O3S. The highest BCUT2D eigenvalue weighted by Gasteiger charge is 2.18. The maximum atomic E-state index is 13.0. The second-order valence-corrected chi connectivity index (χ2v) is 6.09. The van der Waals surface area contributed by atoms with Crippen LogP contribution in [0.3, 0.4) is 0 Å². The zero-order valence-corrected chi connectivity index (χ0v) is 12.2. The van der Waals surface area contributed by atoms with Crippen molar-refractivity contribution in [2.24, 2.45) is 0 Å². The fourth-order valence-electron chi connectivity index (χ4n) is 1.81. The van der Waals surface area contributed by atoms with Crippen molar-refractivity contribution in [2.45, 2.75) is 11.0 Å². The highest BCUT2D eigenvalue weighted by atomic mass is 32.2. The maximum absolute atomic E-state index is 13.0. The number of ether oxygens (including phenoxy) is 1. The fourth-order valence-corrected chi connectivity index (χ4v) is 2.82. The Morgan fingerprint density at radius 3 is 2.62 bits per heavy atom. The van der Waals surface area contributed by atoms with E-state index in [1.807, 2.05) is 30.3 Å². The molecule has 112 valence electrons. The zero-order chi connectivity index (χ0) is 15.3. The second kappa shape index (κ2) is 6.75. The Kier molecular flexibility index (Phi) is 5.00. The molecule has 1 N–H and O–H groups in total. The van der Waals surface area contributed by atoms with Gasteiger partial charge in [0.05, 0.1) is 12.3 Å². The lowest BCUT2D eigenvalue weighted by Crippen LogP contribution is -2.29. The quantitative estimate of drug-likeness (QED) is 0.884. The summed E-state index contributed by atoms with van der Waals surface area (Å²) < 4.78 is 44.8. The molecule has 1 atom stereocenters. The van der Waals surface area contributed by atoms with E-state index in [1.54, 1.807) is 0 Å². The molecule has 0 aliphatic heterocycles. The molecule has 7 heteroatoms. The summed E-state index contributed by atoms with van der Waals surface area (Å²) in [7, 11) is -2.33. The molecule has 0 bridgehead atoms. The van der Waals surface area contributed by atoms with Crippen LogP contribution in [-0.2, 0) is 14.8 Å². The first-order valence-corrected chi connectivity index (χ1v) is 7.69. The van der Waals surface area contributed by atoms with Crippen molar-refractivity contribution >= 4 is 10.0 Å². The van der Waals surface area contributed by atoms with Crippen LogP contribution < -0.4 is 4.72 Å². The SMILES string of the molecule is CO[C@H](CNS(=O)(=O)c1cncc(F)c1)c1ccccc1. The Morgan fingerprint density at radius 1 is 1.29 bits per heavy atom. The lowest BCUT2D eigenvalue weighted by Gasteiger charge is -2.16. The van der Waals surface area contributed by atoms with E-state index < -0.39 is 21.9 Å². The largest absolute Gasteiger partial charge is 0.375 e. The molecule has 0 spiro atoms. The van der Waals surface area contributed by atoms with Gasteiger partial charge in [0.2, 0.25) is 10.0 Å². The van der Waals surface area contributed by atoms with E-state index in [0.717, 1.165) is 24.0 Å². The summed E-state index contributed by atoms with van der Waals surface area (Å²) in [5, 5.41) is 0. The van der Waals surface area contributed by atoms with Gasteiger partial charge in [0.1, 0.15) is 10.7 Å². The highest BCUT2D eigenvalue weighted by molar-refractivity contribution is 7.89. The molecule has 0 unspecified atom stereocenters. The average molecular weight is 310 g/mol. The number of hydrogen-bond donors (Lipinski definition) is 1. The summed E-state index contributed by atoms with van der Waals surface area (Å²) in [6.45, 7) is 0.0410. The number of aromatic nitrogens is 1. The predicted molar refractivity (Wildman–Crippen MR) is 75.6 cm³/mol. The van der Waals surface area contributed by atoms with Crippen molar-refractivity contribution in [3.63, 3.8) is 0 Å². The van der Waals surface area contributed by atoms with Crippen LogP contribution in [0.4, 0.5) is 4.39 Å². The molecule has 0 saturated carbocycles. The predicted octanol–water partition coefficient (Wildman–Crippen LogP) is 1.89. The number of rotatable bonds is 6. The highest BCUT2D eigenvalue weighted by Crippen LogP contribution is 2.16. The van der Waals surface area contributed by atoms with Crippen LogP contribution in [0.25, 0.3) is 0 Å². The standard InChI is InChI=1S/C14H15FN2O3S/c1-20-14(11-5-3-2-4-6-11)10-17-21(18,19)13-7-12(15)8-16-9-13/h2-9,14,17H,10H2,1H3/t14-/m1/s1. The molecule has 0 aliphatic rings. The van der Waals surface area contributed by atoms with Crippen LogP contribution in [0, 0.1) is 5.82 Å². The van der Waals surface area contributed by atoms with Gasteiger partial charge >= 0.3 is 0 Å². The van der Waals surface area contributed by atoms with E-state index in [1.165, 1.54) is 7.11 Å². The second-order valence-electron chi connectivity index (χ2n) is 4.33. The Bertz CT molecular complexity index is 692. The van der Waals surface area contributed by atoms with E-state index in [2.05, 4.69) is 9.71 Å². The van der Waals surface area contributed by atoms with Crippen molar-refractivity contribution in [1.82, 2.24) is 9.71 Å². The van der Waals surface area contributed by atoms with Crippen LogP contribution >= 0.6 is 0 Å². The summed E-state index contributed by atoms with van der Waals surface area (Å²) in [5.74, 6) is -0.704. The monoisotopic (exact) mass is 310 g/mol. The summed E-state index contributed by atoms with van der Waals surface area (Å²) in [6.07, 6.45) is 1.61. The van der Waals surface area contributed by atoms with Gasteiger partial charge in [-0.2, -0.15) is 0 Å². The molecule has 21 heavy (non-hydrogen) atoms. The normalized spacial score (nSPS) is 13.0. The minimum Gasteiger partial charge on any atom is -0.375 e. The molecule has 0 radical (unpaired) electrons. The van der Waals surface area contributed by atoms with Gasteiger partial charge in [-0.3, -0.25) is 4.98 Å². The van der Waals surface area contributed by atoms with Gasteiger partial charge in [0.15, 0.2) is 0 Å². The Labute approximate surface area is 122 Å². The van der Waals surface area contributed by atoms with Gasteiger partial charge in [-0.05, 0) is 11.6 Å². The lowest BCUT2D eigenvalue weighted by atomic mass is 10.1. The van der Waals surface area contributed by atoms with E-state index >= 15 is 0 Å². The minimum absolute atomic E-state index is 0.0410. The number of hydrogen-bond acceptors (Lipinski definition) is 4. The summed E-state index contributed by atoms with van der Waals surface area (Å²) in [6, 6.07) is 10.1. The molecular weight excluding hydrogens is 295 g/mol. The molecule has 2 aromatic rings. The molecule has 5 nitrogen and oxygen atoms in total. The maximum Gasteiger partial charge on any atom is 0.242 e. The Balaban J connectivity index is 2.11. The van der Waals surface area contributed by atoms with Gasteiger partial charge in [-0.1, -0.05) is 30.3 Å². The Hall–Kier alpha value is -1.83. The fraction of sp³-hybridized carbons (Fsp3) is 0.214. The van der Waals surface area contributed by atoms with Crippen molar-refractivity contribution in [3.8, 4) is 0 Å². The molecule has 1 aromatic carbocycles. The summed E-state index contributed by atoms with van der Waals surface area (Å²) >= 11 is 0. The first-order chi connectivity index (χ1) is 10.0. The van der Waals surface area contributed by atoms with Gasteiger partial charge in [0, 0.05) is 19.9 Å².